The molecular weight excluding hydrogens is 348 g/mol. The number of nitrogens with zero attached hydrogens (tertiary/aromatic N) is 1. The Morgan fingerprint density at radius 3 is 2.50 bits per heavy atom. The summed E-state index contributed by atoms with van der Waals surface area (Å²) >= 11 is 9.29. The summed E-state index contributed by atoms with van der Waals surface area (Å²) in [6.45, 7) is 4.93. The average Bonchev–Trinajstić information content (AvgIpc) is 2.33. The van der Waals surface area contributed by atoms with Crippen LogP contribution in [0.2, 0.25) is 5.02 Å². The van der Waals surface area contributed by atoms with Gasteiger partial charge in [0.2, 0.25) is 0 Å². The zero-order chi connectivity index (χ0) is 15.5. The number of carbonyl (C=O) groups is 2. The van der Waals surface area contributed by atoms with E-state index in [4.69, 9.17) is 11.6 Å². The van der Waals surface area contributed by atoms with Gasteiger partial charge in [-0.3, -0.25) is 0 Å². The van der Waals surface area contributed by atoms with E-state index in [0.717, 1.165) is 4.47 Å². The van der Waals surface area contributed by atoms with Gasteiger partial charge in [-0.25, -0.2) is 9.59 Å². The number of likely N-dealkylation sites (N-methyl/N-ethyl adjacent to an activating group) is 1. The van der Waals surface area contributed by atoms with Crippen molar-refractivity contribution in [2.45, 2.75) is 26.3 Å². The van der Waals surface area contributed by atoms with Gasteiger partial charge < -0.3 is 15.3 Å². The van der Waals surface area contributed by atoms with E-state index in [0.29, 0.717) is 10.7 Å². The maximum Gasteiger partial charge on any atom is 0.329 e. The first-order valence-corrected chi connectivity index (χ1v) is 7.14. The van der Waals surface area contributed by atoms with Crippen LogP contribution in [0.15, 0.2) is 22.7 Å². The summed E-state index contributed by atoms with van der Waals surface area (Å²) in [5.41, 5.74) is -0.875. The minimum absolute atomic E-state index is 0.263. The Hall–Kier alpha value is -1.27. The number of aliphatic carboxylic acids is 1. The minimum Gasteiger partial charge on any atom is -0.480 e. The number of benzene rings is 1. The molecule has 2 amide bonds. The van der Waals surface area contributed by atoms with Gasteiger partial charge in [0.1, 0.15) is 5.54 Å². The minimum atomic E-state index is -1.30. The van der Waals surface area contributed by atoms with Crippen LogP contribution in [-0.4, -0.2) is 34.1 Å². The highest BCUT2D eigenvalue weighted by atomic mass is 79.9. The molecule has 2 N–H and O–H groups in total. The molecule has 1 rings (SSSR count). The number of amides is 2. The number of urea groups is 1. The van der Waals surface area contributed by atoms with Gasteiger partial charge in [-0.1, -0.05) is 27.5 Å². The number of anilines is 1. The summed E-state index contributed by atoms with van der Waals surface area (Å²) in [6, 6.07) is 4.52. The summed E-state index contributed by atoms with van der Waals surface area (Å²) in [5, 5.41) is 12.2. The first-order valence-electron chi connectivity index (χ1n) is 5.97. The Morgan fingerprint density at radius 1 is 1.45 bits per heavy atom. The zero-order valence-electron chi connectivity index (χ0n) is 11.4. The van der Waals surface area contributed by atoms with Gasteiger partial charge in [0.05, 0.1) is 10.7 Å². The largest absolute Gasteiger partial charge is 0.480 e. The van der Waals surface area contributed by atoms with Crippen molar-refractivity contribution in [3.63, 3.8) is 0 Å². The molecule has 0 atom stereocenters. The van der Waals surface area contributed by atoms with E-state index in [1.54, 1.807) is 25.1 Å². The Labute approximate surface area is 131 Å². The van der Waals surface area contributed by atoms with Crippen LogP contribution in [-0.2, 0) is 4.79 Å². The van der Waals surface area contributed by atoms with Crippen LogP contribution in [0, 0.1) is 0 Å². The van der Waals surface area contributed by atoms with Crippen LogP contribution in [0.1, 0.15) is 20.8 Å². The molecule has 0 bridgehead atoms. The second-order valence-corrected chi connectivity index (χ2v) is 5.99. The third kappa shape index (κ3) is 3.64. The molecule has 0 unspecified atom stereocenters. The lowest BCUT2D eigenvalue weighted by Crippen LogP contribution is -2.54. The van der Waals surface area contributed by atoms with Crippen LogP contribution < -0.4 is 5.32 Å². The van der Waals surface area contributed by atoms with E-state index in [2.05, 4.69) is 21.2 Å². The summed E-state index contributed by atoms with van der Waals surface area (Å²) in [6.07, 6.45) is 0. The molecule has 0 aliphatic rings. The van der Waals surface area contributed by atoms with E-state index in [9.17, 15) is 14.7 Å². The summed E-state index contributed by atoms with van der Waals surface area (Å²) in [4.78, 5) is 24.7. The molecule has 1 aromatic carbocycles. The number of nitrogens with one attached hydrogen (secondary N) is 1. The standard InChI is InChI=1S/C13H16BrClN2O3/c1-4-17(13(2,3)11(18)19)12(20)16-10-6-5-8(14)7-9(10)15/h5-7H,4H2,1-3H3,(H,16,20)(H,18,19). The van der Waals surface area contributed by atoms with Crippen molar-refractivity contribution >= 4 is 45.2 Å². The number of halogens is 2. The van der Waals surface area contributed by atoms with Crippen molar-refractivity contribution < 1.29 is 14.7 Å². The molecule has 0 radical (unpaired) electrons. The molecule has 7 heteroatoms. The van der Waals surface area contributed by atoms with E-state index in [1.165, 1.54) is 18.7 Å². The topological polar surface area (TPSA) is 69.6 Å². The van der Waals surface area contributed by atoms with Gasteiger partial charge in [0, 0.05) is 11.0 Å². The van der Waals surface area contributed by atoms with Crippen LogP contribution in [0.3, 0.4) is 0 Å². The van der Waals surface area contributed by atoms with Crippen molar-refractivity contribution in [1.82, 2.24) is 4.90 Å². The molecule has 5 nitrogen and oxygen atoms in total. The van der Waals surface area contributed by atoms with Crippen LogP contribution in [0.25, 0.3) is 0 Å². The molecule has 20 heavy (non-hydrogen) atoms. The van der Waals surface area contributed by atoms with Crippen molar-refractivity contribution in [3.05, 3.63) is 27.7 Å². The average molecular weight is 364 g/mol. The van der Waals surface area contributed by atoms with E-state index < -0.39 is 17.5 Å². The maximum atomic E-state index is 12.2. The van der Waals surface area contributed by atoms with Crippen LogP contribution in [0.5, 0.6) is 0 Å². The number of carboxylic acids is 1. The number of hydrogen-bond acceptors (Lipinski definition) is 2. The molecule has 0 heterocycles. The second-order valence-electron chi connectivity index (χ2n) is 4.66. The normalized spacial score (nSPS) is 11.1. The van der Waals surface area contributed by atoms with Gasteiger partial charge in [-0.15, -0.1) is 0 Å². The van der Waals surface area contributed by atoms with Crippen molar-refractivity contribution in [3.8, 4) is 0 Å². The second kappa shape index (κ2) is 6.45. The SMILES string of the molecule is CCN(C(=O)Nc1ccc(Br)cc1Cl)C(C)(C)C(=O)O. The molecular formula is C13H16BrClN2O3. The Kier molecular flexibility index (Phi) is 5.42. The van der Waals surface area contributed by atoms with Gasteiger partial charge in [-0.2, -0.15) is 0 Å². The third-order valence-electron chi connectivity index (χ3n) is 2.93. The van der Waals surface area contributed by atoms with Gasteiger partial charge in [0.15, 0.2) is 0 Å². The Balaban J connectivity index is 2.96. The first-order chi connectivity index (χ1) is 9.20. The van der Waals surface area contributed by atoms with Gasteiger partial charge in [-0.05, 0) is 39.0 Å². The van der Waals surface area contributed by atoms with Gasteiger partial charge in [0.25, 0.3) is 0 Å². The fourth-order valence-electron chi connectivity index (χ4n) is 1.68. The monoisotopic (exact) mass is 362 g/mol. The van der Waals surface area contributed by atoms with Crippen molar-refractivity contribution in [2.24, 2.45) is 0 Å². The van der Waals surface area contributed by atoms with Crippen molar-refractivity contribution in [2.75, 3.05) is 11.9 Å². The molecule has 1 aromatic rings. The summed E-state index contributed by atoms with van der Waals surface area (Å²) < 4.78 is 0.790. The fraction of sp³-hybridized carbons (Fsp3) is 0.385. The lowest BCUT2D eigenvalue weighted by molar-refractivity contribution is -0.147. The molecule has 0 aliphatic carbocycles. The lowest BCUT2D eigenvalue weighted by Gasteiger charge is -2.34. The van der Waals surface area contributed by atoms with Crippen molar-refractivity contribution in [1.29, 1.82) is 0 Å². The van der Waals surface area contributed by atoms with E-state index >= 15 is 0 Å². The quantitative estimate of drug-likeness (QED) is 0.854. The molecule has 0 fully saturated rings. The third-order valence-corrected chi connectivity index (χ3v) is 3.74. The first kappa shape index (κ1) is 16.8. The molecule has 0 saturated carbocycles. The molecule has 0 saturated heterocycles. The Morgan fingerprint density at radius 2 is 2.05 bits per heavy atom. The summed E-state index contributed by atoms with van der Waals surface area (Å²) in [5.74, 6) is -1.07. The van der Waals surface area contributed by atoms with Crippen LogP contribution in [0.4, 0.5) is 10.5 Å². The fourth-order valence-corrected chi connectivity index (χ4v) is 2.40. The van der Waals surface area contributed by atoms with E-state index in [-0.39, 0.29) is 6.54 Å². The number of carboxylic acid groups (broad SMARTS) is 1. The molecule has 0 aromatic heterocycles. The zero-order valence-corrected chi connectivity index (χ0v) is 13.7. The predicted octanol–water partition coefficient (Wildman–Crippen LogP) is 3.82. The number of hydrogen-bond donors (Lipinski definition) is 2. The molecule has 0 spiro atoms. The predicted molar refractivity (Wildman–Crippen MR) is 82.3 cm³/mol. The summed E-state index contributed by atoms with van der Waals surface area (Å²) in [7, 11) is 0. The maximum absolute atomic E-state index is 12.2. The van der Waals surface area contributed by atoms with Crippen LogP contribution >= 0.6 is 27.5 Å². The lowest BCUT2D eigenvalue weighted by atomic mass is 10.0. The molecule has 110 valence electrons. The highest BCUT2D eigenvalue weighted by Crippen LogP contribution is 2.26. The Bertz CT molecular complexity index is 534. The molecule has 0 aliphatic heterocycles. The number of carbonyl (C=O) groups excluding carboxylic acids is 1. The highest BCUT2D eigenvalue weighted by molar-refractivity contribution is 9.10. The van der Waals surface area contributed by atoms with Gasteiger partial charge >= 0.3 is 12.0 Å². The number of rotatable bonds is 4. The van der Waals surface area contributed by atoms with E-state index in [1.807, 2.05) is 0 Å². The highest BCUT2D eigenvalue weighted by Gasteiger charge is 2.37. The smallest absolute Gasteiger partial charge is 0.329 e.